The standard InChI is InChI=1S/C23H31N5O4/c1-17(29)24-14-20(30)27-11-5-8-19(16-27)28-21(31)23(25-22(28)32)9-12-26(13-10-23)15-18-6-3-2-4-7-18/h2-4,6-7,19H,5,8-16H2,1H3,(H,24,29)(H,25,32)/t19-/m1/s1. The topological polar surface area (TPSA) is 102 Å². The van der Waals surface area contributed by atoms with E-state index in [2.05, 4.69) is 27.7 Å². The van der Waals surface area contributed by atoms with Crippen LogP contribution in [-0.2, 0) is 20.9 Å². The van der Waals surface area contributed by atoms with Crippen LogP contribution in [0.1, 0.15) is 38.2 Å². The van der Waals surface area contributed by atoms with E-state index in [1.54, 1.807) is 4.90 Å². The van der Waals surface area contributed by atoms with Crippen LogP contribution < -0.4 is 10.6 Å². The van der Waals surface area contributed by atoms with Gasteiger partial charge in [0.1, 0.15) is 5.54 Å². The Morgan fingerprint density at radius 2 is 1.84 bits per heavy atom. The van der Waals surface area contributed by atoms with Crippen LogP contribution in [0.15, 0.2) is 30.3 Å². The summed E-state index contributed by atoms with van der Waals surface area (Å²) >= 11 is 0. The number of hydrogen-bond donors (Lipinski definition) is 2. The summed E-state index contributed by atoms with van der Waals surface area (Å²) in [7, 11) is 0. The van der Waals surface area contributed by atoms with Gasteiger partial charge in [-0.25, -0.2) is 4.79 Å². The fourth-order valence-electron chi connectivity index (χ4n) is 4.95. The molecule has 0 aliphatic carbocycles. The van der Waals surface area contributed by atoms with Crippen LogP contribution in [0.4, 0.5) is 4.79 Å². The Morgan fingerprint density at radius 3 is 2.53 bits per heavy atom. The summed E-state index contributed by atoms with van der Waals surface area (Å²) in [5, 5.41) is 5.50. The van der Waals surface area contributed by atoms with E-state index in [1.807, 2.05) is 18.2 Å². The maximum Gasteiger partial charge on any atom is 0.325 e. The third kappa shape index (κ3) is 4.62. The maximum absolute atomic E-state index is 13.4. The van der Waals surface area contributed by atoms with Gasteiger partial charge in [0.2, 0.25) is 11.8 Å². The summed E-state index contributed by atoms with van der Waals surface area (Å²) < 4.78 is 0. The normalized spacial score (nSPS) is 23.3. The zero-order valence-corrected chi connectivity index (χ0v) is 18.5. The Hall–Kier alpha value is -2.94. The van der Waals surface area contributed by atoms with E-state index < -0.39 is 5.54 Å². The number of carbonyl (C=O) groups excluding carboxylic acids is 4. The first-order valence-corrected chi connectivity index (χ1v) is 11.3. The minimum atomic E-state index is -0.841. The van der Waals surface area contributed by atoms with Gasteiger partial charge in [-0.1, -0.05) is 30.3 Å². The highest BCUT2D eigenvalue weighted by Gasteiger charge is 2.54. The molecule has 3 heterocycles. The predicted molar refractivity (Wildman–Crippen MR) is 117 cm³/mol. The number of hydrogen-bond acceptors (Lipinski definition) is 5. The lowest BCUT2D eigenvalue weighted by Gasteiger charge is -2.39. The van der Waals surface area contributed by atoms with Crippen molar-refractivity contribution in [1.29, 1.82) is 0 Å². The Labute approximate surface area is 188 Å². The quantitative estimate of drug-likeness (QED) is 0.655. The number of nitrogens with zero attached hydrogens (tertiary/aromatic N) is 3. The van der Waals surface area contributed by atoms with Gasteiger partial charge in [0.15, 0.2) is 0 Å². The number of amides is 5. The van der Waals surface area contributed by atoms with Gasteiger partial charge in [0.25, 0.3) is 5.91 Å². The minimum absolute atomic E-state index is 0.0661. The van der Waals surface area contributed by atoms with Crippen molar-refractivity contribution in [2.45, 2.75) is 50.7 Å². The monoisotopic (exact) mass is 441 g/mol. The van der Waals surface area contributed by atoms with Crippen LogP contribution in [-0.4, -0.2) is 82.8 Å². The molecule has 0 unspecified atom stereocenters. The molecular weight excluding hydrogens is 410 g/mol. The van der Waals surface area contributed by atoms with E-state index in [0.717, 1.165) is 19.6 Å². The van der Waals surface area contributed by atoms with E-state index >= 15 is 0 Å². The molecule has 2 N–H and O–H groups in total. The largest absolute Gasteiger partial charge is 0.347 e. The van der Waals surface area contributed by atoms with Crippen LogP contribution in [0.25, 0.3) is 0 Å². The molecular formula is C23H31N5O4. The van der Waals surface area contributed by atoms with Crippen LogP contribution in [0.5, 0.6) is 0 Å². The number of imide groups is 1. The Kier molecular flexibility index (Phi) is 6.45. The van der Waals surface area contributed by atoms with Crippen molar-refractivity contribution in [3.05, 3.63) is 35.9 Å². The minimum Gasteiger partial charge on any atom is -0.347 e. The first kappa shape index (κ1) is 22.3. The predicted octanol–water partition coefficient (Wildman–Crippen LogP) is 0.700. The van der Waals surface area contributed by atoms with Gasteiger partial charge in [0.05, 0.1) is 12.6 Å². The lowest BCUT2D eigenvalue weighted by Crippen LogP contribution is -2.56. The van der Waals surface area contributed by atoms with Gasteiger partial charge in [-0.05, 0) is 31.2 Å². The zero-order valence-electron chi connectivity index (χ0n) is 18.5. The highest BCUT2D eigenvalue weighted by atomic mass is 16.2. The summed E-state index contributed by atoms with van der Waals surface area (Å²) in [5.74, 6) is -0.620. The van der Waals surface area contributed by atoms with Crippen LogP contribution in [0.2, 0.25) is 0 Å². The van der Waals surface area contributed by atoms with E-state index in [4.69, 9.17) is 0 Å². The summed E-state index contributed by atoms with van der Waals surface area (Å²) in [4.78, 5) is 55.1. The van der Waals surface area contributed by atoms with E-state index in [-0.39, 0.29) is 36.3 Å². The number of benzene rings is 1. The zero-order chi connectivity index (χ0) is 22.7. The summed E-state index contributed by atoms with van der Waals surface area (Å²) in [6, 6.07) is 9.54. The second-order valence-corrected chi connectivity index (χ2v) is 8.99. The SMILES string of the molecule is CC(=O)NCC(=O)N1CCC[C@@H](N2C(=O)NC3(CCN(Cc4ccccc4)CC3)C2=O)C1. The third-order valence-corrected chi connectivity index (χ3v) is 6.75. The average Bonchev–Trinajstić information content (AvgIpc) is 3.03. The third-order valence-electron chi connectivity index (χ3n) is 6.75. The summed E-state index contributed by atoms with van der Waals surface area (Å²) in [5.41, 5.74) is 0.394. The first-order valence-electron chi connectivity index (χ1n) is 11.3. The van der Waals surface area contributed by atoms with Crippen LogP contribution in [0.3, 0.4) is 0 Å². The molecule has 32 heavy (non-hydrogen) atoms. The Morgan fingerprint density at radius 1 is 1.12 bits per heavy atom. The second-order valence-electron chi connectivity index (χ2n) is 8.99. The molecule has 9 nitrogen and oxygen atoms in total. The number of carbonyl (C=O) groups is 4. The number of piperidine rings is 2. The number of nitrogens with one attached hydrogen (secondary N) is 2. The van der Waals surface area contributed by atoms with Crippen molar-refractivity contribution >= 4 is 23.8 Å². The highest BCUT2D eigenvalue weighted by molar-refractivity contribution is 6.07. The van der Waals surface area contributed by atoms with Crippen molar-refractivity contribution in [1.82, 2.24) is 25.3 Å². The Balaban J connectivity index is 1.36. The lowest BCUT2D eigenvalue weighted by molar-refractivity contribution is -0.139. The first-order chi connectivity index (χ1) is 15.4. The Bertz CT molecular complexity index is 882. The smallest absolute Gasteiger partial charge is 0.325 e. The van der Waals surface area contributed by atoms with Gasteiger partial charge < -0.3 is 15.5 Å². The van der Waals surface area contributed by atoms with Crippen molar-refractivity contribution in [2.24, 2.45) is 0 Å². The number of likely N-dealkylation sites (tertiary alicyclic amines) is 2. The fourth-order valence-corrected chi connectivity index (χ4v) is 4.95. The van der Waals surface area contributed by atoms with E-state index in [1.165, 1.54) is 17.4 Å². The molecule has 0 radical (unpaired) electrons. The molecule has 3 saturated heterocycles. The van der Waals surface area contributed by atoms with Gasteiger partial charge in [-0.3, -0.25) is 24.2 Å². The summed E-state index contributed by atoms with van der Waals surface area (Å²) in [6.07, 6.45) is 2.56. The molecule has 0 aromatic heterocycles. The second kappa shape index (κ2) is 9.28. The molecule has 172 valence electrons. The molecule has 5 amide bonds. The van der Waals surface area contributed by atoms with Gasteiger partial charge in [0, 0.05) is 39.6 Å². The van der Waals surface area contributed by atoms with Gasteiger partial charge in [-0.2, -0.15) is 0 Å². The van der Waals surface area contributed by atoms with E-state index in [9.17, 15) is 19.2 Å². The van der Waals surface area contributed by atoms with E-state index in [0.29, 0.717) is 38.8 Å². The molecule has 4 rings (SSSR count). The lowest BCUT2D eigenvalue weighted by atomic mass is 9.87. The van der Waals surface area contributed by atoms with Crippen molar-refractivity contribution in [2.75, 3.05) is 32.7 Å². The molecule has 1 atom stereocenters. The molecule has 3 aliphatic heterocycles. The molecule has 1 aromatic rings. The molecule has 0 bridgehead atoms. The van der Waals surface area contributed by atoms with Crippen LogP contribution in [0, 0.1) is 0 Å². The molecule has 3 fully saturated rings. The van der Waals surface area contributed by atoms with Crippen LogP contribution >= 0.6 is 0 Å². The maximum atomic E-state index is 13.4. The van der Waals surface area contributed by atoms with Gasteiger partial charge >= 0.3 is 6.03 Å². The molecule has 1 spiro atoms. The number of rotatable bonds is 5. The van der Waals surface area contributed by atoms with Crippen molar-refractivity contribution < 1.29 is 19.2 Å². The molecule has 1 aromatic carbocycles. The summed E-state index contributed by atoms with van der Waals surface area (Å²) in [6.45, 7) is 4.48. The molecule has 3 aliphatic rings. The molecule has 0 saturated carbocycles. The van der Waals surface area contributed by atoms with Gasteiger partial charge in [-0.15, -0.1) is 0 Å². The number of urea groups is 1. The van der Waals surface area contributed by atoms with Crippen molar-refractivity contribution in [3.63, 3.8) is 0 Å². The fraction of sp³-hybridized carbons (Fsp3) is 0.565. The highest BCUT2D eigenvalue weighted by Crippen LogP contribution is 2.32. The van der Waals surface area contributed by atoms with Crippen molar-refractivity contribution in [3.8, 4) is 0 Å². The molecule has 9 heteroatoms. The average molecular weight is 442 g/mol.